The summed E-state index contributed by atoms with van der Waals surface area (Å²) in [5.74, 6) is -0.608. The number of unbranched alkanes of at least 4 members (excludes halogenated alkanes) is 49. The average Bonchev–Trinajstić information content (AvgIpc) is 1.13. The van der Waals surface area contributed by atoms with Gasteiger partial charge in [-0.2, -0.15) is 0 Å². The van der Waals surface area contributed by atoms with Crippen LogP contribution < -0.4 is 0 Å². The highest BCUT2D eigenvalue weighted by atomic mass is 31.2. The highest BCUT2D eigenvalue weighted by Gasteiger charge is 2.30. The van der Waals surface area contributed by atoms with E-state index in [-0.39, 0.29) is 25.7 Å². The molecule has 5 atom stereocenters. The van der Waals surface area contributed by atoms with Crippen molar-refractivity contribution in [3.05, 3.63) is 0 Å². The zero-order chi connectivity index (χ0) is 72.8. The van der Waals surface area contributed by atoms with Gasteiger partial charge in [0.05, 0.1) is 26.4 Å². The van der Waals surface area contributed by atoms with E-state index in [4.69, 9.17) is 37.0 Å². The number of esters is 4. The first-order chi connectivity index (χ1) is 47.9. The Hall–Kier alpha value is -1.94. The molecule has 0 rings (SSSR count). The fourth-order valence-electron chi connectivity index (χ4n) is 12.4. The average molecular weight is 1450 g/mol. The minimum atomic E-state index is -4.96. The normalized spacial score (nSPS) is 13.9. The highest BCUT2D eigenvalue weighted by molar-refractivity contribution is 7.47. The maximum absolute atomic E-state index is 13.1. The number of aliphatic hydroxyl groups excluding tert-OH is 1. The number of phosphoric acid groups is 2. The van der Waals surface area contributed by atoms with Crippen molar-refractivity contribution in [2.24, 2.45) is 11.8 Å². The van der Waals surface area contributed by atoms with Crippen molar-refractivity contribution in [1.29, 1.82) is 0 Å². The third-order valence-electron chi connectivity index (χ3n) is 18.7. The van der Waals surface area contributed by atoms with Gasteiger partial charge >= 0.3 is 39.5 Å². The number of carbonyl (C=O) groups is 4. The van der Waals surface area contributed by atoms with Crippen molar-refractivity contribution in [2.75, 3.05) is 39.6 Å². The van der Waals surface area contributed by atoms with Crippen LogP contribution in [0.5, 0.6) is 0 Å². The quantitative estimate of drug-likeness (QED) is 0.0222. The molecular formula is C80H156O17P2. The summed E-state index contributed by atoms with van der Waals surface area (Å²) in [6.07, 6.45) is 61.1. The Morgan fingerprint density at radius 3 is 0.687 bits per heavy atom. The van der Waals surface area contributed by atoms with E-state index in [1.165, 1.54) is 238 Å². The first-order valence-corrected chi connectivity index (χ1v) is 44.5. The van der Waals surface area contributed by atoms with Crippen molar-refractivity contribution in [3.8, 4) is 0 Å². The molecule has 0 spiro atoms. The molecule has 0 radical (unpaired) electrons. The van der Waals surface area contributed by atoms with Crippen LogP contribution in [-0.2, 0) is 65.4 Å². The molecule has 3 N–H and O–H groups in total. The van der Waals surface area contributed by atoms with E-state index in [1.807, 2.05) is 0 Å². The molecule has 0 aliphatic carbocycles. The second-order valence-corrected chi connectivity index (χ2v) is 32.7. The Morgan fingerprint density at radius 1 is 0.273 bits per heavy atom. The molecule has 0 bridgehead atoms. The van der Waals surface area contributed by atoms with E-state index in [0.717, 1.165) is 102 Å². The minimum absolute atomic E-state index is 0.107. The Labute approximate surface area is 607 Å². The topological polar surface area (TPSA) is 237 Å². The Bertz CT molecular complexity index is 1910. The van der Waals surface area contributed by atoms with Gasteiger partial charge in [-0.1, -0.05) is 369 Å². The second-order valence-electron chi connectivity index (χ2n) is 29.8. The van der Waals surface area contributed by atoms with Crippen LogP contribution in [0, 0.1) is 11.8 Å². The third-order valence-corrected chi connectivity index (χ3v) is 20.6. The Kier molecular flexibility index (Phi) is 70.3. The van der Waals surface area contributed by atoms with E-state index < -0.39 is 97.5 Å². The molecule has 0 aromatic carbocycles. The van der Waals surface area contributed by atoms with Crippen LogP contribution in [0.3, 0.4) is 0 Å². The Morgan fingerprint density at radius 2 is 0.465 bits per heavy atom. The van der Waals surface area contributed by atoms with Gasteiger partial charge in [-0.25, -0.2) is 9.13 Å². The summed E-state index contributed by atoms with van der Waals surface area (Å²) < 4.78 is 68.7. The summed E-state index contributed by atoms with van der Waals surface area (Å²) in [4.78, 5) is 73.0. The number of carbonyl (C=O) groups excluding carboxylic acids is 4. The maximum Gasteiger partial charge on any atom is 0.472 e. The lowest BCUT2D eigenvalue weighted by atomic mass is 10.0. The Balaban J connectivity index is 5.22. The predicted molar refractivity (Wildman–Crippen MR) is 405 cm³/mol. The number of phosphoric ester groups is 2. The standard InChI is InChI=1S/C80H156O17P2/c1-7-9-11-13-15-17-19-21-22-23-24-25-26-27-28-30-32-40-47-53-59-65-80(85)96-75(68-90-77(82)62-56-50-44-38-34-33-36-42-48-54-60-72(3)4)70-94-98(86,87)92-66-74(81)67-93-99(88,89)95-71-76(69-91-78(83)63-57-51-45-41-35-37-43-49-55-61-73(5)6)97-79(84)64-58-52-46-39-31-29-20-18-16-14-12-10-8-2/h72-76,81H,7-71H2,1-6H3,(H,86,87)(H,88,89)/t74-,75-,76-/m1/s1. The fraction of sp³-hybridized carbons (Fsp3) is 0.950. The fourth-order valence-corrected chi connectivity index (χ4v) is 13.9. The molecule has 19 heteroatoms. The molecule has 0 aliphatic heterocycles. The molecule has 17 nitrogen and oxygen atoms in total. The second kappa shape index (κ2) is 71.7. The number of ether oxygens (including phenoxy) is 4. The number of hydrogen-bond donors (Lipinski definition) is 3. The summed E-state index contributed by atoms with van der Waals surface area (Å²) in [5, 5.41) is 10.6. The first kappa shape index (κ1) is 97.1. The van der Waals surface area contributed by atoms with Gasteiger partial charge in [-0.3, -0.25) is 37.3 Å². The minimum Gasteiger partial charge on any atom is -0.462 e. The molecular weight excluding hydrogens is 1290 g/mol. The molecule has 588 valence electrons. The monoisotopic (exact) mass is 1450 g/mol. The third kappa shape index (κ3) is 74.1. The summed E-state index contributed by atoms with van der Waals surface area (Å²) >= 11 is 0. The van der Waals surface area contributed by atoms with Gasteiger partial charge < -0.3 is 33.8 Å². The molecule has 0 aromatic rings. The van der Waals surface area contributed by atoms with Crippen LogP contribution in [0.25, 0.3) is 0 Å². The van der Waals surface area contributed by atoms with E-state index in [9.17, 15) is 43.2 Å². The van der Waals surface area contributed by atoms with Crippen molar-refractivity contribution in [2.45, 2.75) is 439 Å². The van der Waals surface area contributed by atoms with E-state index in [0.29, 0.717) is 25.7 Å². The molecule has 0 aromatic heterocycles. The van der Waals surface area contributed by atoms with Crippen LogP contribution in [0.2, 0.25) is 0 Å². The number of hydrogen-bond acceptors (Lipinski definition) is 15. The molecule has 0 saturated carbocycles. The zero-order valence-electron chi connectivity index (χ0n) is 64.8. The SMILES string of the molecule is CCCCCCCCCCCCCCCCCCCCCCCC(=O)O[C@H](COC(=O)CCCCCCCCCCCCC(C)C)COP(=O)(O)OC[C@@H](O)COP(=O)(O)OC[C@@H](COC(=O)CCCCCCCCCCCC(C)C)OC(=O)CCCCCCCCCCCCCCC. The molecule has 0 amide bonds. The van der Waals surface area contributed by atoms with Gasteiger partial charge in [0.25, 0.3) is 0 Å². The van der Waals surface area contributed by atoms with Crippen LogP contribution in [-0.4, -0.2) is 96.7 Å². The summed E-state index contributed by atoms with van der Waals surface area (Å²) in [7, 11) is -9.92. The van der Waals surface area contributed by atoms with Crippen LogP contribution >= 0.6 is 15.6 Å². The van der Waals surface area contributed by atoms with Crippen molar-refractivity contribution in [1.82, 2.24) is 0 Å². The van der Waals surface area contributed by atoms with Crippen molar-refractivity contribution in [3.63, 3.8) is 0 Å². The first-order valence-electron chi connectivity index (χ1n) is 41.5. The number of aliphatic hydroxyl groups is 1. The van der Waals surface area contributed by atoms with Crippen LogP contribution in [0.1, 0.15) is 420 Å². The van der Waals surface area contributed by atoms with Gasteiger partial charge in [0.15, 0.2) is 12.2 Å². The lowest BCUT2D eigenvalue weighted by Crippen LogP contribution is -2.30. The van der Waals surface area contributed by atoms with Crippen LogP contribution in [0.4, 0.5) is 0 Å². The van der Waals surface area contributed by atoms with Crippen molar-refractivity contribution < 1.29 is 80.2 Å². The van der Waals surface area contributed by atoms with Crippen molar-refractivity contribution >= 4 is 39.5 Å². The predicted octanol–water partition coefficient (Wildman–Crippen LogP) is 23.9. The summed E-state index contributed by atoms with van der Waals surface area (Å²) in [5.41, 5.74) is 0. The molecule has 0 saturated heterocycles. The molecule has 0 fully saturated rings. The molecule has 2 unspecified atom stereocenters. The lowest BCUT2D eigenvalue weighted by Gasteiger charge is -2.21. The lowest BCUT2D eigenvalue weighted by molar-refractivity contribution is -0.161. The zero-order valence-corrected chi connectivity index (χ0v) is 66.6. The van der Waals surface area contributed by atoms with E-state index in [1.54, 1.807) is 0 Å². The smallest absolute Gasteiger partial charge is 0.462 e. The largest absolute Gasteiger partial charge is 0.472 e. The van der Waals surface area contributed by atoms with E-state index in [2.05, 4.69) is 41.5 Å². The molecule has 0 heterocycles. The van der Waals surface area contributed by atoms with Crippen LogP contribution in [0.15, 0.2) is 0 Å². The van der Waals surface area contributed by atoms with Gasteiger partial charge in [-0.15, -0.1) is 0 Å². The summed E-state index contributed by atoms with van der Waals surface area (Å²) in [6, 6.07) is 0. The molecule has 99 heavy (non-hydrogen) atoms. The van der Waals surface area contributed by atoms with Gasteiger partial charge in [-0.05, 0) is 37.5 Å². The van der Waals surface area contributed by atoms with E-state index >= 15 is 0 Å². The van der Waals surface area contributed by atoms with Gasteiger partial charge in [0.2, 0.25) is 0 Å². The van der Waals surface area contributed by atoms with Gasteiger partial charge in [0.1, 0.15) is 19.3 Å². The number of rotatable bonds is 79. The summed E-state index contributed by atoms with van der Waals surface area (Å²) in [6.45, 7) is 9.60. The highest BCUT2D eigenvalue weighted by Crippen LogP contribution is 2.45. The molecule has 0 aliphatic rings. The maximum atomic E-state index is 13.1. The van der Waals surface area contributed by atoms with Gasteiger partial charge in [0, 0.05) is 25.7 Å².